The zero-order chi connectivity index (χ0) is 17.6. The summed E-state index contributed by atoms with van der Waals surface area (Å²) in [6, 6.07) is 4.43. The van der Waals surface area contributed by atoms with Gasteiger partial charge in [-0.1, -0.05) is 22.6 Å². The van der Waals surface area contributed by atoms with Gasteiger partial charge in [-0.3, -0.25) is 10.1 Å². The van der Waals surface area contributed by atoms with Crippen LogP contribution in [0.1, 0.15) is 0 Å². The van der Waals surface area contributed by atoms with Crippen LogP contribution >= 0.6 is 22.6 Å². The Hall–Kier alpha value is -1.17. The van der Waals surface area contributed by atoms with E-state index in [-0.39, 0.29) is 5.69 Å². The second-order valence-corrected chi connectivity index (χ2v) is 5.64. The van der Waals surface area contributed by atoms with E-state index < -0.39 is 4.92 Å². The first kappa shape index (κ1) is 20.9. The Bertz CT molecular complexity index is 489. The van der Waals surface area contributed by atoms with Crippen LogP contribution in [0.5, 0.6) is 5.75 Å². The van der Waals surface area contributed by atoms with E-state index in [1.54, 1.807) is 13.1 Å². The second kappa shape index (κ2) is 13.2. The highest BCUT2D eigenvalue weighted by molar-refractivity contribution is 14.1. The molecule has 0 aliphatic heterocycles. The van der Waals surface area contributed by atoms with Crippen LogP contribution in [0.4, 0.5) is 11.4 Å². The standard InChI is InChI=1S/C15H23IN2O6/c1-17-14-3-2-13(18(19)20)12-15(14)24-11-10-23-9-8-22-7-6-21-5-4-16/h2-3,12,17H,4-11H2,1H3. The number of nitrogens with one attached hydrogen (secondary N) is 1. The summed E-state index contributed by atoms with van der Waals surface area (Å²) in [5.74, 6) is 0.430. The molecule has 0 amide bonds. The SMILES string of the molecule is CNc1ccc([N+](=O)[O-])cc1OCCOCCOCCOCCI. The summed E-state index contributed by atoms with van der Waals surface area (Å²) < 4.78 is 22.5. The van der Waals surface area contributed by atoms with Crippen molar-refractivity contribution in [1.29, 1.82) is 0 Å². The van der Waals surface area contributed by atoms with Crippen molar-refractivity contribution in [2.45, 2.75) is 0 Å². The number of alkyl halides is 1. The van der Waals surface area contributed by atoms with Gasteiger partial charge < -0.3 is 24.3 Å². The van der Waals surface area contributed by atoms with Crippen molar-refractivity contribution < 1.29 is 23.9 Å². The molecule has 1 aromatic rings. The van der Waals surface area contributed by atoms with E-state index in [1.165, 1.54) is 12.1 Å². The fourth-order valence-electron chi connectivity index (χ4n) is 1.76. The van der Waals surface area contributed by atoms with Gasteiger partial charge in [-0.05, 0) is 6.07 Å². The van der Waals surface area contributed by atoms with Gasteiger partial charge in [0.2, 0.25) is 0 Å². The number of anilines is 1. The molecule has 0 heterocycles. The van der Waals surface area contributed by atoms with Gasteiger partial charge in [-0.15, -0.1) is 0 Å². The van der Waals surface area contributed by atoms with Gasteiger partial charge in [0.1, 0.15) is 12.4 Å². The van der Waals surface area contributed by atoms with Crippen molar-refractivity contribution >= 4 is 34.0 Å². The monoisotopic (exact) mass is 454 g/mol. The molecule has 0 spiro atoms. The number of hydrogen-bond acceptors (Lipinski definition) is 7. The number of rotatable bonds is 14. The zero-order valence-electron chi connectivity index (χ0n) is 13.7. The summed E-state index contributed by atoms with van der Waals surface area (Å²) in [6.07, 6.45) is 0. The van der Waals surface area contributed by atoms with Crippen LogP contribution < -0.4 is 10.1 Å². The molecule has 1 N–H and O–H groups in total. The third kappa shape index (κ3) is 8.62. The van der Waals surface area contributed by atoms with Gasteiger partial charge in [0.05, 0.1) is 56.3 Å². The van der Waals surface area contributed by atoms with Gasteiger partial charge in [0.15, 0.2) is 0 Å². The van der Waals surface area contributed by atoms with Crippen LogP contribution in [0.15, 0.2) is 18.2 Å². The van der Waals surface area contributed by atoms with E-state index in [2.05, 4.69) is 27.9 Å². The molecule has 0 atom stereocenters. The first-order valence-corrected chi connectivity index (χ1v) is 9.09. The van der Waals surface area contributed by atoms with E-state index >= 15 is 0 Å². The number of non-ortho nitro benzene ring substituents is 1. The molecule has 0 aliphatic rings. The smallest absolute Gasteiger partial charge is 0.273 e. The summed E-state index contributed by atoms with van der Waals surface area (Å²) in [5.41, 5.74) is 0.679. The molecule has 0 aliphatic carbocycles. The Balaban J connectivity index is 2.14. The molecule has 1 rings (SSSR count). The molecular formula is C15H23IN2O6. The molecule has 0 saturated heterocycles. The average Bonchev–Trinajstić information content (AvgIpc) is 2.59. The Morgan fingerprint density at radius 3 is 2.17 bits per heavy atom. The Labute approximate surface area is 155 Å². The first-order valence-electron chi connectivity index (χ1n) is 7.57. The Morgan fingerprint density at radius 2 is 1.62 bits per heavy atom. The number of nitro benzene ring substituents is 1. The predicted octanol–water partition coefficient (Wildman–Crippen LogP) is 2.50. The minimum absolute atomic E-state index is 0.0110. The molecular weight excluding hydrogens is 431 g/mol. The third-order valence-corrected chi connectivity index (χ3v) is 3.34. The number of nitro groups is 1. The lowest BCUT2D eigenvalue weighted by Crippen LogP contribution is -2.13. The molecule has 136 valence electrons. The lowest BCUT2D eigenvalue weighted by atomic mass is 10.2. The number of ether oxygens (including phenoxy) is 4. The molecule has 0 fully saturated rings. The number of halogens is 1. The molecule has 0 unspecified atom stereocenters. The van der Waals surface area contributed by atoms with Crippen molar-refractivity contribution in [2.24, 2.45) is 0 Å². The zero-order valence-corrected chi connectivity index (χ0v) is 15.8. The molecule has 9 heteroatoms. The van der Waals surface area contributed by atoms with E-state index in [9.17, 15) is 10.1 Å². The van der Waals surface area contributed by atoms with Crippen molar-refractivity contribution in [3.8, 4) is 5.75 Å². The van der Waals surface area contributed by atoms with Gasteiger partial charge in [-0.2, -0.15) is 0 Å². The first-order chi connectivity index (χ1) is 11.7. The summed E-state index contributed by atoms with van der Waals surface area (Å²) in [4.78, 5) is 10.3. The second-order valence-electron chi connectivity index (χ2n) is 4.56. The number of nitrogens with zero attached hydrogens (tertiary/aromatic N) is 1. The lowest BCUT2D eigenvalue weighted by Gasteiger charge is -2.11. The molecule has 0 aromatic heterocycles. The highest BCUT2D eigenvalue weighted by Gasteiger charge is 2.11. The van der Waals surface area contributed by atoms with Gasteiger partial charge in [0.25, 0.3) is 5.69 Å². The molecule has 1 aromatic carbocycles. The lowest BCUT2D eigenvalue weighted by molar-refractivity contribution is -0.384. The van der Waals surface area contributed by atoms with Crippen molar-refractivity contribution in [1.82, 2.24) is 0 Å². The van der Waals surface area contributed by atoms with Crippen molar-refractivity contribution in [2.75, 3.05) is 63.0 Å². The van der Waals surface area contributed by atoms with Crippen molar-refractivity contribution in [3.05, 3.63) is 28.3 Å². The summed E-state index contributed by atoms with van der Waals surface area (Å²) in [6.45, 7) is 3.51. The molecule has 24 heavy (non-hydrogen) atoms. The Morgan fingerprint density at radius 1 is 1.04 bits per heavy atom. The van der Waals surface area contributed by atoms with E-state index in [1.807, 2.05) is 0 Å². The van der Waals surface area contributed by atoms with Crippen molar-refractivity contribution in [3.63, 3.8) is 0 Å². The fraction of sp³-hybridized carbons (Fsp3) is 0.600. The van der Waals surface area contributed by atoms with Crippen LogP contribution in [0.2, 0.25) is 0 Å². The quantitative estimate of drug-likeness (QED) is 0.152. The highest BCUT2D eigenvalue weighted by atomic mass is 127. The fourth-order valence-corrected chi connectivity index (χ4v) is 2.07. The maximum Gasteiger partial charge on any atom is 0.273 e. The number of benzene rings is 1. The van der Waals surface area contributed by atoms with E-state index in [0.717, 1.165) is 11.0 Å². The summed E-state index contributed by atoms with van der Waals surface area (Å²) >= 11 is 2.25. The van der Waals surface area contributed by atoms with Crippen LogP contribution in [-0.4, -0.2) is 62.6 Å². The molecule has 0 bridgehead atoms. The maximum atomic E-state index is 10.8. The third-order valence-electron chi connectivity index (χ3n) is 2.90. The normalized spacial score (nSPS) is 10.6. The van der Waals surface area contributed by atoms with Crippen LogP contribution in [0.25, 0.3) is 0 Å². The van der Waals surface area contributed by atoms with E-state index in [4.69, 9.17) is 18.9 Å². The largest absolute Gasteiger partial charge is 0.489 e. The molecule has 0 radical (unpaired) electrons. The van der Waals surface area contributed by atoms with Gasteiger partial charge >= 0.3 is 0 Å². The van der Waals surface area contributed by atoms with Crippen LogP contribution in [0, 0.1) is 10.1 Å². The predicted molar refractivity (Wildman–Crippen MR) is 99.5 cm³/mol. The van der Waals surface area contributed by atoms with Gasteiger partial charge in [0, 0.05) is 17.5 Å². The summed E-state index contributed by atoms with van der Waals surface area (Å²) in [5, 5.41) is 13.7. The topological polar surface area (TPSA) is 92.1 Å². The van der Waals surface area contributed by atoms with E-state index in [0.29, 0.717) is 51.1 Å². The average molecular weight is 454 g/mol. The van der Waals surface area contributed by atoms with Crippen LogP contribution in [0.3, 0.4) is 0 Å². The van der Waals surface area contributed by atoms with Crippen LogP contribution in [-0.2, 0) is 14.2 Å². The maximum absolute atomic E-state index is 10.8. The van der Waals surface area contributed by atoms with Gasteiger partial charge in [-0.25, -0.2) is 0 Å². The minimum atomic E-state index is -0.454. The molecule has 8 nitrogen and oxygen atoms in total. The Kier molecular flexibility index (Phi) is 11.4. The highest BCUT2D eigenvalue weighted by Crippen LogP contribution is 2.28. The summed E-state index contributed by atoms with van der Waals surface area (Å²) in [7, 11) is 1.73. The molecule has 0 saturated carbocycles. The minimum Gasteiger partial charge on any atom is -0.489 e. The number of hydrogen-bond donors (Lipinski definition) is 1.